The first kappa shape index (κ1) is 21.4. The van der Waals surface area contributed by atoms with E-state index in [1.54, 1.807) is 4.90 Å². The highest BCUT2D eigenvalue weighted by molar-refractivity contribution is 5.86. The highest BCUT2D eigenvalue weighted by Gasteiger charge is 2.30. The van der Waals surface area contributed by atoms with Crippen molar-refractivity contribution >= 4 is 17.7 Å². The first-order chi connectivity index (χ1) is 14.8. The minimum Gasteiger partial charge on any atom is -0.476 e. The molecule has 1 N–H and O–H groups in total. The number of carbonyl (C=O) groups excluding carboxylic acids is 1. The third kappa shape index (κ3) is 4.44. The topological polar surface area (TPSA) is 81.9 Å². The molecule has 2 atom stereocenters. The van der Waals surface area contributed by atoms with Crippen molar-refractivity contribution in [2.75, 3.05) is 31.1 Å². The Balaban J connectivity index is 1.41. The molecule has 8 nitrogen and oxygen atoms in total. The van der Waals surface area contributed by atoms with Crippen LogP contribution in [0.3, 0.4) is 0 Å². The minimum atomic E-state index is -1.13. The van der Waals surface area contributed by atoms with E-state index in [0.717, 1.165) is 24.3 Å². The van der Waals surface area contributed by atoms with Crippen molar-refractivity contribution in [2.45, 2.75) is 52.2 Å². The van der Waals surface area contributed by atoms with Crippen molar-refractivity contribution in [3.8, 4) is 0 Å². The number of rotatable bonds is 4. The molecule has 0 saturated carbocycles. The predicted octanol–water partition coefficient (Wildman–Crippen LogP) is 3.05. The zero-order valence-electron chi connectivity index (χ0n) is 18.5. The van der Waals surface area contributed by atoms with E-state index in [1.807, 2.05) is 0 Å². The number of amides is 1. The normalized spacial score (nSPS) is 22.2. The fourth-order valence-corrected chi connectivity index (χ4v) is 4.75. The number of benzene rings is 1. The van der Waals surface area contributed by atoms with Gasteiger partial charge < -0.3 is 14.9 Å². The molecule has 2 aromatic rings. The zero-order chi connectivity index (χ0) is 22.1. The second-order valence-electron chi connectivity index (χ2n) is 8.81. The summed E-state index contributed by atoms with van der Waals surface area (Å²) in [6.45, 7) is 10.4. The van der Waals surface area contributed by atoms with Crippen LogP contribution >= 0.6 is 0 Å². The summed E-state index contributed by atoms with van der Waals surface area (Å²) in [5, 5.41) is 12.9. The first-order valence-corrected chi connectivity index (χ1v) is 11.0. The van der Waals surface area contributed by atoms with Crippen LogP contribution in [0.4, 0.5) is 10.5 Å². The monoisotopic (exact) mass is 425 g/mol. The number of hydrogen-bond donors (Lipinski definition) is 1. The zero-order valence-corrected chi connectivity index (χ0v) is 18.5. The Morgan fingerprint density at radius 3 is 2.35 bits per heavy atom. The van der Waals surface area contributed by atoms with E-state index in [4.69, 9.17) is 5.11 Å². The summed E-state index contributed by atoms with van der Waals surface area (Å²) in [6, 6.07) is 8.91. The summed E-state index contributed by atoms with van der Waals surface area (Å²) in [6.07, 6.45) is 3.87. The molecule has 8 heteroatoms. The lowest BCUT2D eigenvalue weighted by molar-refractivity contribution is 0.0689. The third-order valence-electron chi connectivity index (χ3n) is 6.51. The van der Waals surface area contributed by atoms with E-state index < -0.39 is 5.97 Å². The number of carbonyl (C=O) groups is 2. The van der Waals surface area contributed by atoms with E-state index in [-0.39, 0.29) is 11.7 Å². The molecular weight excluding hydrogens is 394 g/mol. The maximum Gasteiger partial charge on any atom is 0.356 e. The lowest BCUT2D eigenvalue weighted by Gasteiger charge is -2.36. The van der Waals surface area contributed by atoms with Crippen molar-refractivity contribution < 1.29 is 14.7 Å². The molecule has 1 amide bonds. The largest absolute Gasteiger partial charge is 0.476 e. The number of aromatic carboxylic acids is 1. The number of nitrogens with zero attached hydrogens (tertiary/aromatic N) is 5. The fraction of sp³-hybridized carbons (Fsp3) is 0.522. The minimum absolute atomic E-state index is 0.121. The number of aryl methyl sites for hydroxylation is 1. The van der Waals surface area contributed by atoms with Crippen LogP contribution in [0.5, 0.6) is 0 Å². The third-order valence-corrected chi connectivity index (χ3v) is 6.51. The van der Waals surface area contributed by atoms with E-state index in [1.165, 1.54) is 41.9 Å². The quantitative estimate of drug-likeness (QED) is 0.811. The van der Waals surface area contributed by atoms with Crippen molar-refractivity contribution in [1.29, 1.82) is 0 Å². The fourth-order valence-electron chi connectivity index (χ4n) is 4.75. The molecule has 0 unspecified atom stereocenters. The van der Waals surface area contributed by atoms with Crippen LogP contribution in [0.25, 0.3) is 0 Å². The van der Waals surface area contributed by atoms with Crippen LogP contribution in [-0.4, -0.2) is 74.9 Å². The number of aromatic nitrogens is 2. The number of carboxylic acid groups (broad SMARTS) is 1. The molecule has 2 aliphatic heterocycles. The molecular formula is C23H31N5O3. The lowest BCUT2D eigenvalue weighted by atomic mass is 10.1. The van der Waals surface area contributed by atoms with Gasteiger partial charge in [-0.15, -0.1) is 0 Å². The number of hydrogen-bond acceptors (Lipinski definition) is 5. The Hall–Kier alpha value is -2.87. The van der Waals surface area contributed by atoms with Crippen LogP contribution in [0.1, 0.15) is 48.3 Å². The Labute approximate surface area is 183 Å². The van der Waals surface area contributed by atoms with Crippen molar-refractivity contribution in [3.63, 3.8) is 0 Å². The highest BCUT2D eigenvalue weighted by Crippen LogP contribution is 2.34. The SMILES string of the molecule is Cc1ccc(CN2CCN(C(=O)n3ccc(C(=O)O)n3)CC2)c(N2[C@@H](C)CC[C@@H]2C)c1. The average Bonchev–Trinajstić information content (AvgIpc) is 3.37. The van der Waals surface area contributed by atoms with Gasteiger partial charge in [0.1, 0.15) is 0 Å². The molecule has 2 fully saturated rings. The molecule has 1 aromatic heterocycles. The Morgan fingerprint density at radius 2 is 1.74 bits per heavy atom. The highest BCUT2D eigenvalue weighted by atomic mass is 16.4. The van der Waals surface area contributed by atoms with Crippen molar-refractivity contribution in [3.05, 3.63) is 47.3 Å². The van der Waals surface area contributed by atoms with Crippen LogP contribution in [0.15, 0.2) is 30.5 Å². The van der Waals surface area contributed by atoms with Gasteiger partial charge in [-0.25, -0.2) is 9.59 Å². The summed E-state index contributed by atoms with van der Waals surface area (Å²) in [4.78, 5) is 30.3. The summed E-state index contributed by atoms with van der Waals surface area (Å²) in [7, 11) is 0. The molecule has 0 bridgehead atoms. The van der Waals surface area contributed by atoms with Gasteiger partial charge in [0.15, 0.2) is 5.69 Å². The molecule has 166 valence electrons. The lowest BCUT2D eigenvalue weighted by Crippen LogP contribution is -2.49. The Kier molecular flexibility index (Phi) is 6.00. The standard InChI is InChI=1S/C23H31N5O3/c1-16-4-7-19(21(14-16)28-17(2)5-6-18(28)3)15-25-10-12-26(13-11-25)23(31)27-9-8-20(24-27)22(29)30/h4,7-9,14,17-18H,5-6,10-13,15H2,1-3H3,(H,29,30)/t17-,18-/m0/s1. The molecule has 0 radical (unpaired) electrons. The predicted molar refractivity (Wildman–Crippen MR) is 119 cm³/mol. The smallest absolute Gasteiger partial charge is 0.356 e. The molecule has 0 aliphatic carbocycles. The van der Waals surface area contributed by atoms with Gasteiger partial charge in [0, 0.05) is 56.7 Å². The molecule has 2 saturated heterocycles. The van der Waals surface area contributed by atoms with Gasteiger partial charge in [0.05, 0.1) is 0 Å². The Morgan fingerprint density at radius 1 is 1.06 bits per heavy atom. The second kappa shape index (κ2) is 8.70. The molecule has 31 heavy (non-hydrogen) atoms. The summed E-state index contributed by atoms with van der Waals surface area (Å²) in [5.41, 5.74) is 3.84. The average molecular weight is 426 g/mol. The maximum absolute atomic E-state index is 12.6. The van der Waals surface area contributed by atoms with Gasteiger partial charge in [-0.2, -0.15) is 9.78 Å². The van der Waals surface area contributed by atoms with E-state index in [9.17, 15) is 9.59 Å². The van der Waals surface area contributed by atoms with E-state index in [0.29, 0.717) is 25.2 Å². The van der Waals surface area contributed by atoms with Crippen LogP contribution in [0, 0.1) is 6.92 Å². The number of piperazine rings is 1. The van der Waals surface area contributed by atoms with Gasteiger partial charge in [0.25, 0.3) is 0 Å². The van der Waals surface area contributed by atoms with Gasteiger partial charge in [-0.05, 0) is 56.9 Å². The van der Waals surface area contributed by atoms with E-state index >= 15 is 0 Å². The molecule has 0 spiro atoms. The van der Waals surface area contributed by atoms with Crippen LogP contribution in [0.2, 0.25) is 0 Å². The van der Waals surface area contributed by atoms with Crippen LogP contribution in [-0.2, 0) is 6.54 Å². The van der Waals surface area contributed by atoms with Gasteiger partial charge >= 0.3 is 12.0 Å². The maximum atomic E-state index is 12.6. The molecule has 2 aliphatic rings. The molecule has 1 aromatic carbocycles. The molecule has 3 heterocycles. The van der Waals surface area contributed by atoms with Gasteiger partial charge in [0.2, 0.25) is 0 Å². The second-order valence-corrected chi connectivity index (χ2v) is 8.81. The Bertz CT molecular complexity index is 954. The summed E-state index contributed by atoms with van der Waals surface area (Å²) < 4.78 is 1.12. The molecule has 4 rings (SSSR count). The number of anilines is 1. The summed E-state index contributed by atoms with van der Waals surface area (Å²) in [5.74, 6) is -1.13. The van der Waals surface area contributed by atoms with Crippen molar-refractivity contribution in [2.24, 2.45) is 0 Å². The summed E-state index contributed by atoms with van der Waals surface area (Å²) >= 11 is 0. The van der Waals surface area contributed by atoms with E-state index in [2.05, 4.69) is 53.9 Å². The van der Waals surface area contributed by atoms with Crippen LogP contribution < -0.4 is 4.90 Å². The van der Waals surface area contributed by atoms with Gasteiger partial charge in [-0.1, -0.05) is 12.1 Å². The van der Waals surface area contributed by atoms with Gasteiger partial charge in [-0.3, -0.25) is 4.90 Å². The van der Waals surface area contributed by atoms with Crippen molar-refractivity contribution in [1.82, 2.24) is 19.6 Å². The number of carboxylic acids is 1. The first-order valence-electron chi connectivity index (χ1n) is 11.0.